The Kier molecular flexibility index (Phi) is 5.66. The van der Waals surface area contributed by atoms with Gasteiger partial charge in [-0.1, -0.05) is 34.6 Å². The molecule has 2 rings (SSSR count). The van der Waals surface area contributed by atoms with Gasteiger partial charge in [0.05, 0.1) is 0 Å². The molecule has 0 radical (unpaired) electrons. The van der Waals surface area contributed by atoms with Crippen molar-refractivity contribution in [2.45, 2.75) is 64.7 Å². The Morgan fingerprint density at radius 1 is 1.11 bits per heavy atom. The molecule has 0 fully saturated rings. The number of aromatic hydroxyl groups is 1. The van der Waals surface area contributed by atoms with Crippen LogP contribution in [0.1, 0.15) is 69.7 Å². The van der Waals surface area contributed by atoms with Gasteiger partial charge in [-0.05, 0) is 53.4 Å². The van der Waals surface area contributed by atoms with Crippen molar-refractivity contribution < 1.29 is 33.8 Å². The Morgan fingerprint density at radius 3 is 2.07 bits per heavy atom. The van der Waals surface area contributed by atoms with E-state index in [2.05, 4.69) is 0 Å². The normalized spacial score (nSPS) is 17.4. The predicted octanol–water partition coefficient (Wildman–Crippen LogP) is 3.96. The summed E-state index contributed by atoms with van der Waals surface area (Å²) in [6.07, 6.45) is 3.10. The summed E-state index contributed by atoms with van der Waals surface area (Å²) in [5.41, 5.74) is 1.42. The lowest BCUT2D eigenvalue weighted by molar-refractivity contribution is 0.368. The fourth-order valence-corrected chi connectivity index (χ4v) is 5.71. The first-order valence-electron chi connectivity index (χ1n) is 8.70. The zero-order valence-corrected chi connectivity index (χ0v) is 18.0. The highest BCUT2D eigenvalue weighted by Gasteiger charge is 2.39. The topological polar surface area (TPSA) is 135 Å². The molecule has 0 aliphatic heterocycles. The second kappa shape index (κ2) is 6.84. The van der Waals surface area contributed by atoms with Gasteiger partial charge in [-0.25, -0.2) is 0 Å². The van der Waals surface area contributed by atoms with Gasteiger partial charge in [-0.3, -0.25) is 9.13 Å². The molecule has 7 nitrogen and oxygen atoms in total. The van der Waals surface area contributed by atoms with Crippen LogP contribution in [0.3, 0.4) is 0 Å². The Morgan fingerprint density at radius 2 is 1.63 bits per heavy atom. The number of benzene rings is 1. The summed E-state index contributed by atoms with van der Waals surface area (Å²) in [6.45, 7) is 9.65. The van der Waals surface area contributed by atoms with Gasteiger partial charge in [0.1, 0.15) is 5.75 Å². The van der Waals surface area contributed by atoms with E-state index in [1.807, 2.05) is 34.6 Å². The van der Waals surface area contributed by atoms with E-state index in [-0.39, 0.29) is 11.2 Å². The van der Waals surface area contributed by atoms with Gasteiger partial charge >= 0.3 is 15.2 Å². The quantitative estimate of drug-likeness (QED) is 0.469. The van der Waals surface area contributed by atoms with Crippen LogP contribution >= 0.6 is 15.2 Å². The zero-order chi connectivity index (χ0) is 21.0. The molecule has 152 valence electrons. The number of hydrogen-bond donors (Lipinski definition) is 5. The van der Waals surface area contributed by atoms with Crippen LogP contribution in [0.5, 0.6) is 5.75 Å². The molecule has 0 atom stereocenters. The third-order valence-corrected chi connectivity index (χ3v) is 8.05. The number of rotatable bonds is 3. The Hall–Kier alpha value is -0.940. The van der Waals surface area contributed by atoms with Gasteiger partial charge < -0.3 is 24.7 Å². The highest BCUT2D eigenvalue weighted by atomic mass is 31.2. The van der Waals surface area contributed by atoms with Gasteiger partial charge in [-0.2, -0.15) is 0 Å². The van der Waals surface area contributed by atoms with Crippen LogP contribution < -0.4 is 0 Å². The lowest BCUT2D eigenvalue weighted by atomic mass is 9.68. The van der Waals surface area contributed by atoms with E-state index in [4.69, 9.17) is 0 Å². The molecular weight excluding hydrogens is 390 g/mol. The lowest BCUT2D eigenvalue weighted by Gasteiger charge is -2.36. The predicted molar refractivity (Wildman–Crippen MR) is 105 cm³/mol. The van der Waals surface area contributed by atoms with Gasteiger partial charge in [0.15, 0.2) is 5.06 Å². The third-order valence-electron chi connectivity index (χ3n) is 5.04. The minimum absolute atomic E-state index is 0.147. The summed E-state index contributed by atoms with van der Waals surface area (Å²) in [7, 11) is -10.3. The molecule has 0 amide bonds. The first kappa shape index (κ1) is 22.4. The minimum Gasteiger partial charge on any atom is -0.507 e. The van der Waals surface area contributed by atoms with Crippen LogP contribution in [0.15, 0.2) is 11.1 Å². The van der Waals surface area contributed by atoms with Crippen molar-refractivity contribution in [1.82, 2.24) is 0 Å². The summed E-state index contributed by atoms with van der Waals surface area (Å²) in [4.78, 5) is 37.9. The molecule has 0 aromatic heterocycles. The van der Waals surface area contributed by atoms with Crippen LogP contribution in [0.2, 0.25) is 0 Å². The number of fused-ring (bicyclic) bond motifs is 1. The Balaban J connectivity index is 2.95. The monoisotopic (exact) mass is 418 g/mol. The molecule has 0 spiro atoms. The molecule has 0 saturated carbocycles. The molecule has 1 aliphatic carbocycles. The van der Waals surface area contributed by atoms with Gasteiger partial charge in [0, 0.05) is 11.1 Å². The van der Waals surface area contributed by atoms with Crippen molar-refractivity contribution in [3.63, 3.8) is 0 Å². The molecule has 0 bridgehead atoms. The average Bonchev–Trinajstić information content (AvgIpc) is 2.41. The second-order valence-corrected chi connectivity index (χ2v) is 12.3. The molecule has 0 unspecified atom stereocenters. The summed E-state index contributed by atoms with van der Waals surface area (Å²) in [5.74, 6) is 0.147. The van der Waals surface area contributed by atoms with E-state index in [0.717, 1.165) is 18.9 Å². The fraction of sp³-hybridized carbons (Fsp3) is 0.556. The van der Waals surface area contributed by atoms with Crippen LogP contribution in [0, 0.1) is 0 Å². The van der Waals surface area contributed by atoms with Gasteiger partial charge in [-0.15, -0.1) is 0 Å². The molecule has 1 aliphatic rings. The SMILES string of the molecule is CC(C)(C)c1cc(C=C(P(=O)(O)O)P(=O)(O)O)c2c(c1O)C(C)(C)CCC2. The molecule has 0 saturated heterocycles. The van der Waals surface area contributed by atoms with Crippen molar-refractivity contribution in [2.75, 3.05) is 0 Å². The molecule has 1 aromatic carbocycles. The first-order valence-corrected chi connectivity index (χ1v) is 11.9. The highest BCUT2D eigenvalue weighted by Crippen LogP contribution is 2.64. The van der Waals surface area contributed by atoms with Crippen molar-refractivity contribution in [2.24, 2.45) is 0 Å². The summed E-state index contributed by atoms with van der Waals surface area (Å²) in [5, 5.41) is 9.75. The van der Waals surface area contributed by atoms with Crippen molar-refractivity contribution in [3.8, 4) is 5.75 Å². The standard InChI is InChI=1S/C18H28O7P2/c1-17(2,3)13-9-11(10-14(26(20,21)22)27(23,24)25)12-7-6-8-18(4,5)15(12)16(13)19/h9-10,19H,6-8H2,1-5H3,(H2,20,21,22)(H2,23,24,25). The van der Waals surface area contributed by atoms with Crippen LogP contribution in [0.25, 0.3) is 6.08 Å². The molecule has 5 N–H and O–H groups in total. The maximum Gasteiger partial charge on any atom is 0.364 e. The number of hydrogen-bond acceptors (Lipinski definition) is 3. The van der Waals surface area contributed by atoms with E-state index in [0.29, 0.717) is 28.7 Å². The van der Waals surface area contributed by atoms with Crippen molar-refractivity contribution in [3.05, 3.63) is 33.4 Å². The van der Waals surface area contributed by atoms with Crippen LogP contribution in [0.4, 0.5) is 0 Å². The van der Waals surface area contributed by atoms with E-state index < -0.39 is 25.7 Å². The molecular formula is C18H28O7P2. The second-order valence-electron chi connectivity index (χ2n) is 8.79. The van der Waals surface area contributed by atoms with E-state index in [1.54, 1.807) is 6.07 Å². The molecule has 27 heavy (non-hydrogen) atoms. The first-order chi connectivity index (χ1) is 12.0. The highest BCUT2D eigenvalue weighted by molar-refractivity contribution is 7.77. The largest absolute Gasteiger partial charge is 0.507 e. The number of phenols is 1. The van der Waals surface area contributed by atoms with Gasteiger partial charge in [0.2, 0.25) is 0 Å². The van der Waals surface area contributed by atoms with Crippen LogP contribution in [-0.2, 0) is 26.4 Å². The minimum atomic E-state index is -5.16. The lowest BCUT2D eigenvalue weighted by Crippen LogP contribution is -2.26. The molecule has 0 heterocycles. The maximum absolute atomic E-state index is 11.7. The Bertz CT molecular complexity index is 858. The summed E-state index contributed by atoms with van der Waals surface area (Å²) >= 11 is 0. The maximum atomic E-state index is 11.7. The average molecular weight is 418 g/mol. The number of phenolic OH excluding ortho intramolecular Hbond substituents is 1. The zero-order valence-electron chi connectivity index (χ0n) is 16.2. The van der Waals surface area contributed by atoms with E-state index in [9.17, 15) is 33.8 Å². The third kappa shape index (κ3) is 4.56. The molecule has 1 aromatic rings. The van der Waals surface area contributed by atoms with Crippen LogP contribution in [-0.4, -0.2) is 24.7 Å². The van der Waals surface area contributed by atoms with Crippen molar-refractivity contribution in [1.29, 1.82) is 0 Å². The fourth-order valence-electron chi connectivity index (χ4n) is 3.74. The summed E-state index contributed by atoms with van der Waals surface area (Å²) < 4.78 is 23.4. The van der Waals surface area contributed by atoms with Gasteiger partial charge in [0.25, 0.3) is 0 Å². The van der Waals surface area contributed by atoms with Crippen molar-refractivity contribution >= 4 is 21.3 Å². The summed E-state index contributed by atoms with van der Waals surface area (Å²) in [6, 6.07) is 1.58. The Labute approximate surface area is 159 Å². The molecule has 9 heteroatoms. The van der Waals surface area contributed by atoms with E-state index in [1.165, 1.54) is 0 Å². The van der Waals surface area contributed by atoms with E-state index >= 15 is 0 Å². The smallest absolute Gasteiger partial charge is 0.364 e.